The number of nitrogens with zero attached hydrogens (tertiary/aromatic N) is 1. The van der Waals surface area contributed by atoms with Gasteiger partial charge in [0.1, 0.15) is 0 Å². The molecule has 0 unspecified atom stereocenters. The number of nitrogens with two attached hydrogens (primary N) is 1. The van der Waals surface area contributed by atoms with Crippen LogP contribution in [-0.4, -0.2) is 15.9 Å². The predicted octanol–water partition coefficient (Wildman–Crippen LogP) is 5.64. The van der Waals surface area contributed by atoms with Gasteiger partial charge in [-0.1, -0.05) is 64.4 Å². The van der Waals surface area contributed by atoms with E-state index >= 15 is 0 Å². The van der Waals surface area contributed by atoms with Gasteiger partial charge in [-0.15, -0.1) is 0 Å². The summed E-state index contributed by atoms with van der Waals surface area (Å²) in [7, 11) is 0. The van der Waals surface area contributed by atoms with Crippen molar-refractivity contribution < 1.29 is 4.79 Å². The fourth-order valence-corrected chi connectivity index (χ4v) is 6.29. The maximum atomic E-state index is 13.4. The zero-order chi connectivity index (χ0) is 22.4. The van der Waals surface area contributed by atoms with Gasteiger partial charge in [-0.05, 0) is 60.5 Å². The summed E-state index contributed by atoms with van der Waals surface area (Å²) in [6, 6.07) is 14.6. The van der Waals surface area contributed by atoms with Crippen molar-refractivity contribution in [1.29, 1.82) is 0 Å². The van der Waals surface area contributed by atoms with Crippen LogP contribution in [0.1, 0.15) is 74.0 Å². The van der Waals surface area contributed by atoms with E-state index in [9.17, 15) is 4.79 Å². The van der Waals surface area contributed by atoms with Crippen molar-refractivity contribution in [1.82, 2.24) is 9.62 Å². The summed E-state index contributed by atoms with van der Waals surface area (Å²) in [5.74, 6) is -0.0860. The van der Waals surface area contributed by atoms with Crippen molar-refractivity contribution in [2.45, 2.75) is 77.5 Å². The monoisotopic (exact) mass is 437 g/mol. The number of amides is 1. The molecule has 0 bridgehead atoms. The molecule has 2 aromatic carbocycles. The maximum Gasteiger partial charge on any atom is 0.252 e. The van der Waals surface area contributed by atoms with Crippen molar-refractivity contribution in [3.05, 3.63) is 64.7 Å². The summed E-state index contributed by atoms with van der Waals surface area (Å²) in [6.07, 6.45) is 3.16. The maximum absolute atomic E-state index is 13.4. The van der Waals surface area contributed by atoms with Crippen molar-refractivity contribution in [2.24, 2.45) is 16.6 Å². The fourth-order valence-electron chi connectivity index (χ4n) is 5.22. The molecule has 2 aromatic rings. The Morgan fingerprint density at radius 2 is 1.58 bits per heavy atom. The normalized spacial score (nSPS) is 21.5. The van der Waals surface area contributed by atoms with Crippen molar-refractivity contribution in [2.75, 3.05) is 0 Å². The van der Waals surface area contributed by atoms with Gasteiger partial charge < -0.3 is 11.1 Å². The molecule has 0 aromatic heterocycles. The molecule has 1 saturated carbocycles. The van der Waals surface area contributed by atoms with Crippen LogP contribution in [-0.2, 0) is 13.1 Å². The zero-order valence-electron chi connectivity index (χ0n) is 19.4. The third-order valence-corrected chi connectivity index (χ3v) is 8.69. The number of fused-ring (bicyclic) bond motifs is 1. The minimum atomic E-state index is -0.760. The van der Waals surface area contributed by atoms with E-state index in [1.54, 1.807) is 11.9 Å². The highest BCUT2D eigenvalue weighted by Gasteiger charge is 2.55. The van der Waals surface area contributed by atoms with E-state index < -0.39 is 5.66 Å². The number of aryl methyl sites for hydroxylation is 1. The average Bonchev–Trinajstić information content (AvgIpc) is 3.10. The minimum absolute atomic E-state index is 0.0860. The first-order valence-corrected chi connectivity index (χ1v) is 12.0. The van der Waals surface area contributed by atoms with Crippen LogP contribution in [0.25, 0.3) is 0 Å². The third kappa shape index (κ3) is 4.04. The molecule has 0 radical (unpaired) electrons. The first-order chi connectivity index (χ1) is 14.5. The van der Waals surface area contributed by atoms with Crippen LogP contribution in [0.4, 0.5) is 0 Å². The van der Waals surface area contributed by atoms with E-state index in [1.807, 2.05) is 18.2 Å². The lowest BCUT2D eigenvalue weighted by molar-refractivity contribution is -0.0368. The predicted molar refractivity (Wildman–Crippen MR) is 129 cm³/mol. The van der Waals surface area contributed by atoms with E-state index in [0.717, 1.165) is 37.2 Å². The lowest BCUT2D eigenvalue weighted by Crippen LogP contribution is -2.73. The molecule has 4 nitrogen and oxygen atoms in total. The Labute approximate surface area is 191 Å². The largest absolute Gasteiger partial charge is 0.333 e. The number of benzene rings is 2. The van der Waals surface area contributed by atoms with Gasteiger partial charge in [-0.25, -0.2) is 4.31 Å². The van der Waals surface area contributed by atoms with E-state index in [1.165, 1.54) is 16.7 Å². The first kappa shape index (κ1) is 22.4. The van der Waals surface area contributed by atoms with Crippen molar-refractivity contribution in [3.63, 3.8) is 0 Å². The zero-order valence-corrected chi connectivity index (χ0v) is 20.2. The molecule has 1 fully saturated rings. The summed E-state index contributed by atoms with van der Waals surface area (Å²) in [5, 5.41) is 3.26. The SMILES string of the molecule is Cc1ccc(C(=O)NC2(N)C(C)(C)CCCC2(C)C)cc1SN1Cc2ccccc2C1. The average molecular weight is 438 g/mol. The van der Waals surface area contributed by atoms with Crippen molar-refractivity contribution in [3.8, 4) is 0 Å². The quantitative estimate of drug-likeness (QED) is 0.480. The second-order valence-electron chi connectivity index (χ2n) is 10.5. The van der Waals surface area contributed by atoms with Crippen LogP contribution in [0.3, 0.4) is 0 Å². The van der Waals surface area contributed by atoms with Gasteiger partial charge in [0.25, 0.3) is 5.91 Å². The molecule has 1 aliphatic carbocycles. The third-order valence-electron chi connectivity index (χ3n) is 7.54. The molecule has 1 amide bonds. The van der Waals surface area contributed by atoms with Gasteiger partial charge in [-0.3, -0.25) is 4.79 Å². The summed E-state index contributed by atoms with van der Waals surface area (Å²) < 4.78 is 2.35. The molecular formula is C26H35N3OS. The number of rotatable bonds is 4. The van der Waals surface area contributed by atoms with Gasteiger partial charge in [0, 0.05) is 34.4 Å². The first-order valence-electron chi connectivity index (χ1n) is 11.2. The number of carbonyl (C=O) groups is 1. The Morgan fingerprint density at radius 3 is 2.16 bits per heavy atom. The highest BCUT2D eigenvalue weighted by molar-refractivity contribution is 7.97. The molecule has 1 heterocycles. The highest BCUT2D eigenvalue weighted by atomic mass is 32.2. The second-order valence-corrected chi connectivity index (χ2v) is 11.7. The Balaban J connectivity index is 1.53. The topological polar surface area (TPSA) is 58.4 Å². The summed E-state index contributed by atoms with van der Waals surface area (Å²) >= 11 is 1.73. The van der Waals surface area contributed by atoms with Crippen LogP contribution in [0.5, 0.6) is 0 Å². The molecular weight excluding hydrogens is 402 g/mol. The lowest BCUT2D eigenvalue weighted by Gasteiger charge is -2.57. The second kappa shape index (κ2) is 7.95. The van der Waals surface area contributed by atoms with Crippen LogP contribution in [0, 0.1) is 17.8 Å². The molecule has 0 spiro atoms. The Hall–Kier alpha value is -1.82. The Bertz CT molecular complexity index is 957. The molecule has 0 saturated heterocycles. The highest BCUT2D eigenvalue weighted by Crippen LogP contribution is 2.51. The van der Waals surface area contributed by atoms with Crippen LogP contribution >= 0.6 is 11.9 Å². The molecule has 1 aliphatic heterocycles. The molecule has 166 valence electrons. The summed E-state index contributed by atoms with van der Waals surface area (Å²) in [6.45, 7) is 12.7. The van der Waals surface area contributed by atoms with Gasteiger partial charge in [0.05, 0.1) is 5.66 Å². The Kier molecular flexibility index (Phi) is 5.74. The van der Waals surface area contributed by atoms with Gasteiger partial charge in [-0.2, -0.15) is 0 Å². The molecule has 4 rings (SSSR count). The lowest BCUT2D eigenvalue weighted by atomic mass is 9.56. The van der Waals surface area contributed by atoms with Gasteiger partial charge in [0.2, 0.25) is 0 Å². The number of nitrogens with one attached hydrogen (secondary N) is 1. The number of hydrogen-bond acceptors (Lipinski definition) is 4. The Morgan fingerprint density at radius 1 is 1.00 bits per heavy atom. The fraction of sp³-hybridized carbons (Fsp3) is 0.500. The van der Waals surface area contributed by atoms with Crippen LogP contribution in [0.15, 0.2) is 47.4 Å². The molecule has 3 N–H and O–H groups in total. The van der Waals surface area contributed by atoms with E-state index in [4.69, 9.17) is 5.73 Å². The van der Waals surface area contributed by atoms with Gasteiger partial charge >= 0.3 is 0 Å². The number of hydrogen-bond donors (Lipinski definition) is 2. The molecule has 31 heavy (non-hydrogen) atoms. The number of carbonyl (C=O) groups excluding carboxylic acids is 1. The minimum Gasteiger partial charge on any atom is -0.333 e. The smallest absolute Gasteiger partial charge is 0.252 e. The molecule has 2 aliphatic rings. The molecule has 5 heteroatoms. The molecule has 0 atom stereocenters. The summed E-state index contributed by atoms with van der Waals surface area (Å²) in [4.78, 5) is 14.5. The van der Waals surface area contributed by atoms with E-state index in [2.05, 4.69) is 68.5 Å². The van der Waals surface area contributed by atoms with Gasteiger partial charge in [0.15, 0.2) is 0 Å². The standard InChI is InChI=1S/C26H35N3OS/c1-18-11-12-19(15-22(18)31-29-16-20-9-6-7-10-21(20)17-29)23(30)28-26(27)24(2,3)13-8-14-25(26,4)5/h6-7,9-12,15H,8,13-14,16-17,27H2,1-5H3,(H,28,30). The van der Waals surface area contributed by atoms with E-state index in [0.29, 0.717) is 5.56 Å². The van der Waals surface area contributed by atoms with Crippen LogP contribution in [0.2, 0.25) is 0 Å². The van der Waals surface area contributed by atoms with E-state index in [-0.39, 0.29) is 16.7 Å². The van der Waals surface area contributed by atoms with Crippen molar-refractivity contribution >= 4 is 17.9 Å². The van der Waals surface area contributed by atoms with Crippen LogP contribution < -0.4 is 11.1 Å². The summed E-state index contributed by atoms with van der Waals surface area (Å²) in [5.41, 5.74) is 10.5.